The molecular formula is C15H22N2OS. The second-order valence-corrected chi connectivity index (χ2v) is 6.84. The van der Waals surface area contributed by atoms with Gasteiger partial charge in [-0.15, -0.1) is 11.8 Å². The van der Waals surface area contributed by atoms with Gasteiger partial charge in [-0.05, 0) is 43.7 Å². The lowest BCUT2D eigenvalue weighted by molar-refractivity contribution is 0.0950. The molecule has 1 unspecified atom stereocenters. The minimum atomic E-state index is 0.0230. The van der Waals surface area contributed by atoms with Crippen LogP contribution in [-0.4, -0.2) is 30.3 Å². The van der Waals surface area contributed by atoms with Gasteiger partial charge in [0.15, 0.2) is 0 Å². The Morgan fingerprint density at radius 3 is 2.74 bits per heavy atom. The summed E-state index contributed by atoms with van der Waals surface area (Å²) in [5.41, 5.74) is 0.742. The van der Waals surface area contributed by atoms with Gasteiger partial charge in [0.05, 0.1) is 0 Å². The van der Waals surface area contributed by atoms with Crippen LogP contribution >= 0.6 is 11.8 Å². The van der Waals surface area contributed by atoms with Gasteiger partial charge < -0.3 is 10.6 Å². The molecule has 1 atom stereocenters. The largest absolute Gasteiger partial charge is 0.350 e. The number of hydrogen-bond donors (Lipinski definition) is 2. The molecule has 1 aliphatic rings. The van der Waals surface area contributed by atoms with E-state index >= 15 is 0 Å². The molecule has 3 nitrogen and oxygen atoms in total. The van der Waals surface area contributed by atoms with Gasteiger partial charge >= 0.3 is 0 Å². The third-order valence-corrected chi connectivity index (χ3v) is 4.18. The van der Waals surface area contributed by atoms with Crippen molar-refractivity contribution in [3.05, 3.63) is 29.8 Å². The van der Waals surface area contributed by atoms with E-state index in [1.165, 1.54) is 11.3 Å². The summed E-state index contributed by atoms with van der Waals surface area (Å²) in [6, 6.07) is 8.30. The van der Waals surface area contributed by atoms with Crippen LogP contribution in [-0.2, 0) is 0 Å². The monoisotopic (exact) mass is 278 g/mol. The lowest BCUT2D eigenvalue weighted by atomic mass is 10.2. The zero-order chi connectivity index (χ0) is 13.7. The van der Waals surface area contributed by atoms with Crippen LogP contribution in [0, 0.1) is 0 Å². The molecule has 2 rings (SSSR count). The first-order chi connectivity index (χ1) is 9.15. The van der Waals surface area contributed by atoms with E-state index in [2.05, 4.69) is 24.5 Å². The molecule has 1 saturated heterocycles. The lowest BCUT2D eigenvalue weighted by Gasteiger charge is -2.11. The second kappa shape index (κ2) is 6.96. The van der Waals surface area contributed by atoms with Crippen molar-refractivity contribution in [3.8, 4) is 0 Å². The molecule has 0 saturated carbocycles. The summed E-state index contributed by atoms with van der Waals surface area (Å²) in [6.45, 7) is 6.13. The summed E-state index contributed by atoms with van der Waals surface area (Å²) < 4.78 is 0. The summed E-state index contributed by atoms with van der Waals surface area (Å²) in [6.07, 6.45) is 2.37. The quantitative estimate of drug-likeness (QED) is 0.814. The highest BCUT2D eigenvalue weighted by Crippen LogP contribution is 2.22. The first-order valence-electron chi connectivity index (χ1n) is 6.93. The number of carbonyl (C=O) groups is 1. The van der Waals surface area contributed by atoms with E-state index < -0.39 is 0 Å². The molecule has 0 aromatic heterocycles. The average Bonchev–Trinajstić information content (AvgIpc) is 2.89. The van der Waals surface area contributed by atoms with Crippen molar-refractivity contribution in [3.63, 3.8) is 0 Å². The van der Waals surface area contributed by atoms with Crippen molar-refractivity contribution in [2.45, 2.75) is 42.9 Å². The summed E-state index contributed by atoms with van der Waals surface area (Å²) in [5.74, 6) is 0.0230. The number of nitrogens with one attached hydrogen (secondary N) is 2. The van der Waals surface area contributed by atoms with E-state index in [0.717, 1.165) is 25.1 Å². The standard InChI is InChI=1S/C15H22N2OS/c1-11(2)19-14-7-5-12(6-8-14)15(18)17-10-13-4-3-9-16-13/h5-8,11,13,16H,3-4,9-10H2,1-2H3,(H,17,18). The first-order valence-corrected chi connectivity index (χ1v) is 7.81. The van der Waals surface area contributed by atoms with E-state index in [0.29, 0.717) is 11.3 Å². The summed E-state index contributed by atoms with van der Waals surface area (Å²) in [5, 5.41) is 6.93. The van der Waals surface area contributed by atoms with Crippen LogP contribution in [0.3, 0.4) is 0 Å². The maximum Gasteiger partial charge on any atom is 0.251 e. The number of rotatable bonds is 5. The molecule has 104 valence electrons. The third kappa shape index (κ3) is 4.55. The minimum Gasteiger partial charge on any atom is -0.350 e. The van der Waals surface area contributed by atoms with Gasteiger partial charge in [-0.25, -0.2) is 0 Å². The summed E-state index contributed by atoms with van der Waals surface area (Å²) in [4.78, 5) is 13.2. The van der Waals surface area contributed by atoms with Gasteiger partial charge in [-0.1, -0.05) is 13.8 Å². The Labute approximate surface area is 119 Å². The van der Waals surface area contributed by atoms with Crippen molar-refractivity contribution >= 4 is 17.7 Å². The number of benzene rings is 1. The second-order valence-electron chi connectivity index (χ2n) is 5.19. The van der Waals surface area contributed by atoms with Crippen LogP contribution in [0.1, 0.15) is 37.0 Å². The molecule has 1 aliphatic heterocycles. The van der Waals surface area contributed by atoms with Crippen LogP contribution in [0.5, 0.6) is 0 Å². The van der Waals surface area contributed by atoms with Crippen LogP contribution in [0.25, 0.3) is 0 Å². The molecule has 1 heterocycles. The minimum absolute atomic E-state index is 0.0230. The van der Waals surface area contributed by atoms with Crippen molar-refractivity contribution in [1.29, 1.82) is 0 Å². The summed E-state index contributed by atoms with van der Waals surface area (Å²) in [7, 11) is 0. The van der Waals surface area contributed by atoms with E-state index in [4.69, 9.17) is 0 Å². The van der Waals surface area contributed by atoms with E-state index in [1.54, 1.807) is 0 Å². The SMILES string of the molecule is CC(C)Sc1ccc(C(=O)NCC2CCCN2)cc1. The maximum absolute atomic E-state index is 12.0. The predicted molar refractivity (Wildman–Crippen MR) is 80.8 cm³/mol. The molecule has 1 aromatic carbocycles. The Morgan fingerprint density at radius 2 is 2.16 bits per heavy atom. The van der Waals surface area contributed by atoms with Crippen LogP contribution in [0.4, 0.5) is 0 Å². The number of carbonyl (C=O) groups excluding carboxylic acids is 1. The molecule has 0 spiro atoms. The fourth-order valence-corrected chi connectivity index (χ4v) is 3.04. The first kappa shape index (κ1) is 14.4. The Kier molecular flexibility index (Phi) is 5.28. The molecule has 0 bridgehead atoms. The van der Waals surface area contributed by atoms with Crippen LogP contribution in [0.2, 0.25) is 0 Å². The number of hydrogen-bond acceptors (Lipinski definition) is 3. The molecule has 4 heteroatoms. The Balaban J connectivity index is 1.84. The summed E-state index contributed by atoms with van der Waals surface area (Å²) >= 11 is 1.81. The molecule has 19 heavy (non-hydrogen) atoms. The Bertz CT molecular complexity index is 411. The number of thioether (sulfide) groups is 1. The van der Waals surface area contributed by atoms with E-state index in [9.17, 15) is 4.79 Å². The van der Waals surface area contributed by atoms with Gasteiger partial charge in [0, 0.05) is 28.3 Å². The van der Waals surface area contributed by atoms with Gasteiger partial charge in [0.25, 0.3) is 5.91 Å². The van der Waals surface area contributed by atoms with Crippen molar-refractivity contribution in [1.82, 2.24) is 10.6 Å². The van der Waals surface area contributed by atoms with Crippen LogP contribution < -0.4 is 10.6 Å². The highest BCUT2D eigenvalue weighted by atomic mass is 32.2. The van der Waals surface area contributed by atoms with Crippen molar-refractivity contribution < 1.29 is 4.79 Å². The smallest absolute Gasteiger partial charge is 0.251 e. The fourth-order valence-electron chi connectivity index (χ4n) is 2.21. The lowest BCUT2D eigenvalue weighted by Crippen LogP contribution is -2.37. The van der Waals surface area contributed by atoms with Gasteiger partial charge in [0.2, 0.25) is 0 Å². The topological polar surface area (TPSA) is 41.1 Å². The molecule has 0 aliphatic carbocycles. The molecular weight excluding hydrogens is 256 g/mol. The zero-order valence-corrected chi connectivity index (χ0v) is 12.4. The van der Waals surface area contributed by atoms with E-state index in [1.807, 2.05) is 36.0 Å². The fraction of sp³-hybridized carbons (Fsp3) is 0.533. The molecule has 1 amide bonds. The third-order valence-electron chi connectivity index (χ3n) is 3.16. The van der Waals surface area contributed by atoms with Gasteiger partial charge in [0.1, 0.15) is 0 Å². The maximum atomic E-state index is 12.0. The van der Waals surface area contributed by atoms with Gasteiger partial charge in [-0.2, -0.15) is 0 Å². The zero-order valence-electron chi connectivity index (χ0n) is 11.6. The Hall–Kier alpha value is -1.00. The highest BCUT2D eigenvalue weighted by Gasteiger charge is 2.15. The van der Waals surface area contributed by atoms with Crippen molar-refractivity contribution in [2.75, 3.05) is 13.1 Å². The number of amides is 1. The molecule has 2 N–H and O–H groups in total. The molecule has 0 radical (unpaired) electrons. The van der Waals surface area contributed by atoms with Gasteiger partial charge in [-0.3, -0.25) is 4.79 Å². The average molecular weight is 278 g/mol. The normalized spacial score (nSPS) is 18.8. The van der Waals surface area contributed by atoms with E-state index in [-0.39, 0.29) is 5.91 Å². The van der Waals surface area contributed by atoms with Crippen molar-refractivity contribution in [2.24, 2.45) is 0 Å². The van der Waals surface area contributed by atoms with Crippen LogP contribution in [0.15, 0.2) is 29.2 Å². The highest BCUT2D eigenvalue weighted by molar-refractivity contribution is 7.99. The predicted octanol–water partition coefficient (Wildman–Crippen LogP) is 2.67. The Morgan fingerprint density at radius 1 is 1.42 bits per heavy atom. The molecule has 1 aromatic rings. The molecule has 1 fully saturated rings.